The molecule has 2 rings (SSSR count). The van der Waals surface area contributed by atoms with Crippen molar-refractivity contribution in [1.29, 1.82) is 0 Å². The summed E-state index contributed by atoms with van der Waals surface area (Å²) in [4.78, 5) is 27.4. The Morgan fingerprint density at radius 1 is 1.39 bits per heavy atom. The van der Waals surface area contributed by atoms with Crippen LogP contribution in [0.4, 0.5) is 4.79 Å². The van der Waals surface area contributed by atoms with Crippen molar-refractivity contribution in [3.05, 3.63) is 0 Å². The Morgan fingerprint density at radius 3 is 2.44 bits per heavy atom. The van der Waals surface area contributed by atoms with Gasteiger partial charge in [0.15, 0.2) is 0 Å². The molecular formula is C12H22N4O2. The Hall–Kier alpha value is -1.14. The lowest BCUT2D eigenvalue weighted by Gasteiger charge is -2.38. The summed E-state index contributed by atoms with van der Waals surface area (Å²) in [6.45, 7) is 9.74. The average Bonchev–Trinajstić information content (AvgIpc) is 2.42. The van der Waals surface area contributed by atoms with Gasteiger partial charge < -0.3 is 10.6 Å². The number of carbonyl (C=O) groups excluding carboxylic acids is 2. The topological polar surface area (TPSA) is 64.7 Å². The van der Waals surface area contributed by atoms with Crippen molar-refractivity contribution in [3.8, 4) is 0 Å². The van der Waals surface area contributed by atoms with Crippen molar-refractivity contribution in [2.45, 2.75) is 32.4 Å². The van der Waals surface area contributed by atoms with Gasteiger partial charge in [0.25, 0.3) is 5.91 Å². The van der Waals surface area contributed by atoms with E-state index >= 15 is 0 Å². The molecule has 0 saturated carbocycles. The second kappa shape index (κ2) is 4.85. The molecule has 2 saturated heterocycles. The third kappa shape index (κ3) is 2.35. The van der Waals surface area contributed by atoms with Crippen LogP contribution in [0.1, 0.15) is 20.8 Å². The predicted molar refractivity (Wildman–Crippen MR) is 68.2 cm³/mol. The van der Waals surface area contributed by atoms with Gasteiger partial charge in [-0.15, -0.1) is 0 Å². The molecular weight excluding hydrogens is 232 g/mol. The first kappa shape index (κ1) is 13.3. The Kier molecular flexibility index (Phi) is 3.59. The molecule has 2 aliphatic heterocycles. The molecule has 102 valence electrons. The zero-order valence-corrected chi connectivity index (χ0v) is 11.3. The van der Waals surface area contributed by atoms with Crippen molar-refractivity contribution in [1.82, 2.24) is 20.4 Å². The number of carbonyl (C=O) groups is 2. The summed E-state index contributed by atoms with van der Waals surface area (Å²) in [5.41, 5.74) is -0.758. The number of nitrogens with one attached hydrogen (secondary N) is 2. The molecule has 0 aromatic heterocycles. The lowest BCUT2D eigenvalue weighted by atomic mass is 10.1. The normalized spacial score (nSPS) is 23.4. The summed E-state index contributed by atoms with van der Waals surface area (Å²) >= 11 is 0. The summed E-state index contributed by atoms with van der Waals surface area (Å²) in [5.74, 6) is -0.129. The SMILES string of the molecule is CCN(CCN1C(=O)NC(C)(C)C1=O)C1CNC1. The van der Waals surface area contributed by atoms with E-state index < -0.39 is 5.54 Å². The Bertz CT molecular complexity index is 352. The number of imide groups is 1. The Morgan fingerprint density at radius 2 is 2.06 bits per heavy atom. The molecule has 0 spiro atoms. The van der Waals surface area contributed by atoms with E-state index in [0.717, 1.165) is 26.2 Å². The lowest BCUT2D eigenvalue weighted by molar-refractivity contribution is -0.130. The first-order chi connectivity index (χ1) is 8.45. The quantitative estimate of drug-likeness (QED) is 0.656. The van der Waals surface area contributed by atoms with Crippen LogP contribution in [-0.2, 0) is 4.79 Å². The van der Waals surface area contributed by atoms with Gasteiger partial charge in [-0.3, -0.25) is 14.6 Å². The molecule has 6 nitrogen and oxygen atoms in total. The maximum absolute atomic E-state index is 12.0. The zero-order chi connectivity index (χ0) is 13.3. The highest BCUT2D eigenvalue weighted by molar-refractivity contribution is 6.06. The maximum Gasteiger partial charge on any atom is 0.325 e. The largest absolute Gasteiger partial charge is 0.325 e. The van der Waals surface area contributed by atoms with E-state index in [1.165, 1.54) is 4.90 Å². The lowest BCUT2D eigenvalue weighted by Crippen LogP contribution is -2.58. The number of likely N-dealkylation sites (N-methyl/N-ethyl adjacent to an activating group) is 1. The monoisotopic (exact) mass is 254 g/mol. The third-order valence-corrected chi connectivity index (χ3v) is 3.74. The minimum atomic E-state index is -0.758. The predicted octanol–water partition coefficient (Wildman–Crippen LogP) is -0.389. The summed E-state index contributed by atoms with van der Waals surface area (Å²) in [6.07, 6.45) is 0. The molecule has 2 N–H and O–H groups in total. The fraction of sp³-hybridized carbons (Fsp3) is 0.833. The van der Waals surface area contributed by atoms with E-state index in [1.54, 1.807) is 13.8 Å². The maximum atomic E-state index is 12.0. The van der Waals surface area contributed by atoms with Crippen molar-refractivity contribution in [2.75, 3.05) is 32.7 Å². The standard InChI is InChI=1S/C12H22N4O2/c1-4-15(9-7-13-8-9)5-6-16-10(17)12(2,3)14-11(16)18/h9,13H,4-8H2,1-3H3,(H,14,18). The van der Waals surface area contributed by atoms with E-state index in [4.69, 9.17) is 0 Å². The van der Waals surface area contributed by atoms with Crippen molar-refractivity contribution in [3.63, 3.8) is 0 Å². The van der Waals surface area contributed by atoms with Gasteiger partial charge in [0.2, 0.25) is 0 Å². The molecule has 2 fully saturated rings. The number of hydrogen-bond acceptors (Lipinski definition) is 4. The first-order valence-corrected chi connectivity index (χ1v) is 6.54. The molecule has 6 heteroatoms. The number of nitrogens with zero attached hydrogens (tertiary/aromatic N) is 2. The van der Waals surface area contributed by atoms with Crippen molar-refractivity contribution < 1.29 is 9.59 Å². The molecule has 2 aliphatic rings. The zero-order valence-electron chi connectivity index (χ0n) is 11.3. The molecule has 2 heterocycles. The van der Waals surface area contributed by atoms with Gasteiger partial charge in [-0.2, -0.15) is 0 Å². The van der Waals surface area contributed by atoms with Gasteiger partial charge in [-0.1, -0.05) is 6.92 Å². The number of rotatable bonds is 5. The average molecular weight is 254 g/mol. The molecule has 0 atom stereocenters. The van der Waals surface area contributed by atoms with Gasteiger partial charge >= 0.3 is 6.03 Å². The number of urea groups is 1. The van der Waals surface area contributed by atoms with Crippen LogP contribution in [0.2, 0.25) is 0 Å². The molecule has 3 amide bonds. The summed E-state index contributed by atoms with van der Waals surface area (Å²) in [6, 6.07) is 0.275. The van der Waals surface area contributed by atoms with Gasteiger partial charge in [0.05, 0.1) is 0 Å². The second-order valence-electron chi connectivity index (χ2n) is 5.45. The van der Waals surface area contributed by atoms with Crippen LogP contribution in [0.5, 0.6) is 0 Å². The highest BCUT2D eigenvalue weighted by Crippen LogP contribution is 2.16. The van der Waals surface area contributed by atoms with E-state index in [9.17, 15) is 9.59 Å². The molecule has 0 aromatic rings. The molecule has 0 unspecified atom stereocenters. The van der Waals surface area contributed by atoms with Gasteiger partial charge in [0.1, 0.15) is 5.54 Å². The van der Waals surface area contributed by atoms with Crippen LogP contribution in [0.3, 0.4) is 0 Å². The third-order valence-electron chi connectivity index (χ3n) is 3.74. The molecule has 0 radical (unpaired) electrons. The summed E-state index contributed by atoms with van der Waals surface area (Å²) in [5, 5.41) is 5.93. The number of amides is 3. The van der Waals surface area contributed by atoms with Gasteiger partial charge in [0, 0.05) is 32.2 Å². The van der Waals surface area contributed by atoms with E-state index in [-0.39, 0.29) is 11.9 Å². The van der Waals surface area contributed by atoms with Crippen LogP contribution in [0, 0.1) is 0 Å². The Balaban J connectivity index is 1.89. The summed E-state index contributed by atoms with van der Waals surface area (Å²) < 4.78 is 0. The van der Waals surface area contributed by atoms with Gasteiger partial charge in [-0.25, -0.2) is 4.79 Å². The summed E-state index contributed by atoms with van der Waals surface area (Å²) in [7, 11) is 0. The minimum Gasteiger partial charge on any atom is -0.324 e. The fourth-order valence-corrected chi connectivity index (χ4v) is 2.38. The van der Waals surface area contributed by atoms with E-state index in [1.807, 2.05) is 0 Å². The molecule has 0 aromatic carbocycles. The highest BCUT2D eigenvalue weighted by Gasteiger charge is 2.44. The molecule has 18 heavy (non-hydrogen) atoms. The second-order valence-corrected chi connectivity index (χ2v) is 5.45. The van der Waals surface area contributed by atoms with Gasteiger partial charge in [-0.05, 0) is 20.4 Å². The van der Waals surface area contributed by atoms with Crippen LogP contribution in [-0.4, -0.2) is 66.0 Å². The van der Waals surface area contributed by atoms with Crippen LogP contribution < -0.4 is 10.6 Å². The number of hydrogen-bond donors (Lipinski definition) is 2. The van der Waals surface area contributed by atoms with Crippen molar-refractivity contribution in [2.24, 2.45) is 0 Å². The molecule has 0 bridgehead atoms. The Labute approximate surface area is 108 Å². The van der Waals surface area contributed by atoms with E-state index in [0.29, 0.717) is 12.6 Å². The molecule has 0 aliphatic carbocycles. The van der Waals surface area contributed by atoms with Crippen LogP contribution >= 0.6 is 0 Å². The smallest absolute Gasteiger partial charge is 0.324 e. The van der Waals surface area contributed by atoms with Crippen molar-refractivity contribution >= 4 is 11.9 Å². The highest BCUT2D eigenvalue weighted by atomic mass is 16.2. The minimum absolute atomic E-state index is 0.129. The van der Waals surface area contributed by atoms with Crippen LogP contribution in [0.25, 0.3) is 0 Å². The fourth-order valence-electron chi connectivity index (χ4n) is 2.38. The van der Waals surface area contributed by atoms with E-state index in [2.05, 4.69) is 22.5 Å². The van der Waals surface area contributed by atoms with Crippen LogP contribution in [0.15, 0.2) is 0 Å². The first-order valence-electron chi connectivity index (χ1n) is 6.54.